The summed E-state index contributed by atoms with van der Waals surface area (Å²) < 4.78 is 6.97. The molecule has 0 amide bonds. The standard InChI is InChI=1S/C15H20N4O2.3ClH.Re/c1-3-21-15(20)12-19(10-13-6-4-5-7-16-13)11-14-17-8-9-18(14)2;;;;/h4-9H,3,10-12H2,1-2H3;3*1H;/p-3. The molecule has 2 aromatic heterocycles. The number of rotatable bonds is 7. The van der Waals surface area contributed by atoms with Crippen molar-refractivity contribution < 1.29 is 67.2 Å². The number of esters is 1. The van der Waals surface area contributed by atoms with E-state index in [2.05, 4.69) is 9.97 Å². The normalized spacial score (nSPS) is 9.08. The predicted molar refractivity (Wildman–Crippen MR) is 78.2 cm³/mol. The van der Waals surface area contributed by atoms with E-state index < -0.39 is 0 Å². The van der Waals surface area contributed by atoms with Gasteiger partial charge in [0, 0.05) is 52.6 Å². The quantitative estimate of drug-likeness (QED) is 0.305. The molecule has 0 spiro atoms. The molecule has 0 unspecified atom stereocenters. The van der Waals surface area contributed by atoms with Crippen LogP contribution in [0.15, 0.2) is 36.8 Å². The van der Waals surface area contributed by atoms with Gasteiger partial charge in [-0.15, -0.1) is 0 Å². The van der Waals surface area contributed by atoms with Crippen LogP contribution >= 0.6 is 0 Å². The average Bonchev–Trinajstić information content (AvgIpc) is 2.85. The van der Waals surface area contributed by atoms with Crippen LogP contribution in [-0.4, -0.2) is 38.6 Å². The van der Waals surface area contributed by atoms with Gasteiger partial charge in [0.2, 0.25) is 0 Å². The zero-order valence-corrected chi connectivity index (χ0v) is 18.9. The molecule has 25 heavy (non-hydrogen) atoms. The maximum Gasteiger partial charge on any atom is 0.320 e. The van der Waals surface area contributed by atoms with E-state index in [1.54, 1.807) is 19.3 Å². The fraction of sp³-hybridized carbons (Fsp3) is 0.400. The first-order chi connectivity index (χ1) is 10.2. The van der Waals surface area contributed by atoms with Gasteiger partial charge in [0.05, 0.1) is 25.4 Å². The molecule has 2 aromatic rings. The SMILES string of the molecule is CCOC(=O)CN(Cc1ccccn1)Cc1nccn1C.[Cl-].[Cl-].[Cl-].[Re]. The smallest absolute Gasteiger partial charge is 0.320 e. The largest absolute Gasteiger partial charge is 1.00 e. The summed E-state index contributed by atoms with van der Waals surface area (Å²) in [4.78, 5) is 22.3. The maximum absolute atomic E-state index is 11.7. The van der Waals surface area contributed by atoms with Gasteiger partial charge < -0.3 is 46.5 Å². The minimum atomic E-state index is -0.234. The Balaban J connectivity index is -0.00000121. The number of carbonyl (C=O) groups excluding carboxylic acids is 1. The van der Waals surface area contributed by atoms with E-state index in [-0.39, 0.29) is 70.2 Å². The number of halogens is 3. The number of imidazole rings is 1. The second kappa shape index (κ2) is 15.6. The van der Waals surface area contributed by atoms with E-state index >= 15 is 0 Å². The van der Waals surface area contributed by atoms with Gasteiger partial charge >= 0.3 is 5.97 Å². The summed E-state index contributed by atoms with van der Waals surface area (Å²) in [5.41, 5.74) is 0.913. The first-order valence-corrected chi connectivity index (χ1v) is 6.93. The Kier molecular flexibility index (Phi) is 18.1. The molecule has 2 rings (SSSR count). The monoisotopic (exact) mass is 580 g/mol. The van der Waals surface area contributed by atoms with Crippen LogP contribution in [0.3, 0.4) is 0 Å². The van der Waals surface area contributed by atoms with Crippen molar-refractivity contribution in [1.29, 1.82) is 0 Å². The van der Waals surface area contributed by atoms with Crippen molar-refractivity contribution in [3.8, 4) is 0 Å². The topological polar surface area (TPSA) is 60.2 Å². The van der Waals surface area contributed by atoms with E-state index in [0.717, 1.165) is 11.5 Å². The number of ether oxygens (including phenoxy) is 1. The van der Waals surface area contributed by atoms with E-state index in [1.165, 1.54) is 0 Å². The molecule has 0 atom stereocenters. The van der Waals surface area contributed by atoms with E-state index in [0.29, 0.717) is 19.7 Å². The van der Waals surface area contributed by atoms with Crippen molar-refractivity contribution in [2.24, 2.45) is 7.05 Å². The van der Waals surface area contributed by atoms with Gasteiger partial charge in [0.25, 0.3) is 0 Å². The molecule has 0 fully saturated rings. The number of pyridine rings is 1. The second-order valence-corrected chi connectivity index (χ2v) is 4.73. The van der Waals surface area contributed by atoms with Crippen molar-refractivity contribution in [2.45, 2.75) is 20.0 Å². The first-order valence-electron chi connectivity index (χ1n) is 6.93. The third kappa shape index (κ3) is 10.1. The average molecular weight is 581 g/mol. The predicted octanol–water partition coefficient (Wildman–Crippen LogP) is -7.61. The van der Waals surface area contributed by atoms with Gasteiger partial charge in [0.15, 0.2) is 0 Å². The Labute approximate surface area is 180 Å². The van der Waals surface area contributed by atoms with Gasteiger partial charge in [-0.1, -0.05) is 6.07 Å². The number of aromatic nitrogens is 3. The number of hydrogen-bond acceptors (Lipinski definition) is 5. The van der Waals surface area contributed by atoms with Crippen LogP contribution in [0, 0.1) is 0 Å². The number of aryl methyl sites for hydroxylation is 1. The molecule has 0 aliphatic rings. The summed E-state index contributed by atoms with van der Waals surface area (Å²) in [5.74, 6) is 0.665. The molecule has 10 heteroatoms. The summed E-state index contributed by atoms with van der Waals surface area (Å²) in [6, 6.07) is 5.75. The molecular formula is C15H20Cl3N4O2Re-3. The summed E-state index contributed by atoms with van der Waals surface area (Å²) in [6.07, 6.45) is 5.38. The van der Waals surface area contributed by atoms with Crippen LogP contribution in [0.2, 0.25) is 0 Å². The van der Waals surface area contributed by atoms with Gasteiger partial charge in [0.1, 0.15) is 5.82 Å². The fourth-order valence-corrected chi connectivity index (χ4v) is 2.03. The van der Waals surface area contributed by atoms with Crippen molar-refractivity contribution >= 4 is 5.97 Å². The molecule has 6 nitrogen and oxygen atoms in total. The fourth-order valence-electron chi connectivity index (χ4n) is 2.03. The molecule has 0 saturated heterocycles. The Morgan fingerprint density at radius 3 is 2.40 bits per heavy atom. The third-order valence-electron chi connectivity index (χ3n) is 3.06. The van der Waals surface area contributed by atoms with Gasteiger partial charge in [-0.25, -0.2) is 4.98 Å². The number of hydrogen-bond donors (Lipinski definition) is 0. The number of nitrogens with zero attached hydrogens (tertiary/aromatic N) is 4. The van der Waals surface area contributed by atoms with Crippen molar-refractivity contribution in [1.82, 2.24) is 19.4 Å². The molecule has 2 heterocycles. The molecule has 0 bridgehead atoms. The summed E-state index contributed by atoms with van der Waals surface area (Å²) >= 11 is 0. The summed E-state index contributed by atoms with van der Waals surface area (Å²) in [6.45, 7) is 3.56. The van der Waals surface area contributed by atoms with E-state index in [4.69, 9.17) is 4.74 Å². The molecule has 0 aliphatic carbocycles. The Bertz CT molecular complexity index is 587. The van der Waals surface area contributed by atoms with Crippen LogP contribution in [0.5, 0.6) is 0 Å². The minimum absolute atomic E-state index is 0. The van der Waals surface area contributed by atoms with Crippen LogP contribution in [0.1, 0.15) is 18.4 Å². The molecule has 143 valence electrons. The van der Waals surface area contributed by atoms with Crippen LogP contribution < -0.4 is 37.2 Å². The summed E-state index contributed by atoms with van der Waals surface area (Å²) in [5, 5.41) is 0. The Morgan fingerprint density at radius 2 is 1.88 bits per heavy atom. The Morgan fingerprint density at radius 1 is 1.16 bits per heavy atom. The van der Waals surface area contributed by atoms with E-state index in [9.17, 15) is 4.79 Å². The van der Waals surface area contributed by atoms with Gasteiger partial charge in [-0.3, -0.25) is 14.7 Å². The van der Waals surface area contributed by atoms with Crippen LogP contribution in [0.25, 0.3) is 0 Å². The summed E-state index contributed by atoms with van der Waals surface area (Å²) in [7, 11) is 1.94. The maximum atomic E-state index is 11.7. The van der Waals surface area contributed by atoms with E-state index in [1.807, 2.05) is 40.9 Å². The van der Waals surface area contributed by atoms with Crippen LogP contribution in [0.4, 0.5) is 0 Å². The zero-order chi connectivity index (χ0) is 15.1. The van der Waals surface area contributed by atoms with Gasteiger partial charge in [-0.2, -0.15) is 0 Å². The van der Waals surface area contributed by atoms with Crippen LogP contribution in [-0.2, 0) is 50.1 Å². The zero-order valence-electron chi connectivity index (χ0n) is 13.9. The first kappa shape index (κ1) is 29.1. The molecule has 0 aromatic carbocycles. The molecule has 1 radical (unpaired) electrons. The van der Waals surface area contributed by atoms with Gasteiger partial charge in [-0.05, 0) is 19.1 Å². The minimum Gasteiger partial charge on any atom is -1.00 e. The second-order valence-electron chi connectivity index (χ2n) is 4.73. The molecular weight excluding hydrogens is 561 g/mol. The molecule has 0 saturated carbocycles. The molecule has 0 N–H and O–H groups in total. The van der Waals surface area contributed by atoms with Crippen molar-refractivity contribution in [3.05, 3.63) is 48.3 Å². The Hall–Kier alpha value is -0.678. The molecule has 0 aliphatic heterocycles. The number of carbonyl (C=O) groups is 1. The van der Waals surface area contributed by atoms with Crippen molar-refractivity contribution in [3.63, 3.8) is 0 Å². The third-order valence-corrected chi connectivity index (χ3v) is 3.06. The van der Waals surface area contributed by atoms with Crippen molar-refractivity contribution in [2.75, 3.05) is 13.2 Å².